The molecule has 118 valence electrons. The average molecular weight is 315 g/mol. The Morgan fingerprint density at radius 1 is 1.52 bits per heavy atom. The van der Waals surface area contributed by atoms with Crippen molar-refractivity contribution in [1.82, 2.24) is 9.62 Å². The molecule has 1 aliphatic heterocycles. The van der Waals surface area contributed by atoms with E-state index >= 15 is 0 Å². The number of likely N-dealkylation sites (N-methyl/N-ethyl adjacent to an activating group) is 1. The lowest BCUT2D eigenvalue weighted by Gasteiger charge is -2.30. The first-order valence-corrected chi connectivity index (χ1v) is 8.14. The molecule has 1 aliphatic rings. The predicted octanol–water partition coefficient (Wildman–Crippen LogP) is -0.114. The van der Waals surface area contributed by atoms with Crippen LogP contribution in [0.1, 0.15) is 0 Å². The number of nitrogens with one attached hydrogen (secondary N) is 1. The normalized spacial score (nSPS) is 20.4. The molecule has 0 aromatic heterocycles. The Morgan fingerprint density at radius 3 is 2.90 bits per heavy atom. The highest BCUT2D eigenvalue weighted by Crippen LogP contribution is 2.24. The van der Waals surface area contributed by atoms with E-state index in [1.165, 1.54) is 25.3 Å². The maximum absolute atomic E-state index is 12.2. The zero-order valence-corrected chi connectivity index (χ0v) is 13.0. The molecule has 1 fully saturated rings. The van der Waals surface area contributed by atoms with E-state index < -0.39 is 10.0 Å². The van der Waals surface area contributed by atoms with E-state index in [9.17, 15) is 8.42 Å². The number of hydrogen-bond acceptors (Lipinski definition) is 6. The summed E-state index contributed by atoms with van der Waals surface area (Å²) in [5.74, 6) is 0.450. The van der Waals surface area contributed by atoms with Crippen molar-refractivity contribution < 1.29 is 17.9 Å². The minimum atomic E-state index is -3.61. The van der Waals surface area contributed by atoms with Gasteiger partial charge in [-0.25, -0.2) is 13.1 Å². The molecule has 1 unspecified atom stereocenters. The zero-order valence-electron chi connectivity index (χ0n) is 12.2. The Bertz CT molecular complexity index is 591. The van der Waals surface area contributed by atoms with Gasteiger partial charge in [-0.1, -0.05) is 0 Å². The van der Waals surface area contributed by atoms with Gasteiger partial charge in [-0.2, -0.15) is 0 Å². The molecule has 0 amide bonds. The van der Waals surface area contributed by atoms with Gasteiger partial charge in [0.1, 0.15) is 5.75 Å². The monoisotopic (exact) mass is 315 g/mol. The molecule has 2 rings (SSSR count). The molecular formula is C13H21N3O4S. The summed E-state index contributed by atoms with van der Waals surface area (Å²) in [5.41, 5.74) is 6.02. The maximum atomic E-state index is 12.2. The minimum Gasteiger partial charge on any atom is -0.495 e. The van der Waals surface area contributed by atoms with Crippen molar-refractivity contribution in [3.05, 3.63) is 18.2 Å². The number of nitrogens with zero attached hydrogens (tertiary/aromatic N) is 1. The topological polar surface area (TPSA) is 93.9 Å². The molecule has 7 nitrogen and oxygen atoms in total. The molecule has 1 aromatic rings. The number of rotatable bonds is 5. The molecular weight excluding hydrogens is 294 g/mol. The minimum absolute atomic E-state index is 0.116. The molecule has 1 aromatic carbocycles. The third kappa shape index (κ3) is 4.07. The summed E-state index contributed by atoms with van der Waals surface area (Å²) in [6.07, 6.45) is -0.144. The van der Waals surface area contributed by atoms with Crippen molar-refractivity contribution in [2.75, 3.05) is 46.1 Å². The number of methoxy groups -OCH3 is 1. The van der Waals surface area contributed by atoms with Gasteiger partial charge in [0.2, 0.25) is 10.0 Å². The van der Waals surface area contributed by atoms with E-state index in [-0.39, 0.29) is 23.2 Å². The van der Waals surface area contributed by atoms with Gasteiger partial charge in [-0.05, 0) is 25.2 Å². The smallest absolute Gasteiger partial charge is 0.240 e. The van der Waals surface area contributed by atoms with Crippen LogP contribution in [0, 0.1) is 0 Å². The van der Waals surface area contributed by atoms with Crippen molar-refractivity contribution in [2.45, 2.75) is 11.0 Å². The van der Waals surface area contributed by atoms with Gasteiger partial charge in [-0.3, -0.25) is 0 Å². The predicted molar refractivity (Wildman–Crippen MR) is 79.8 cm³/mol. The largest absolute Gasteiger partial charge is 0.495 e. The van der Waals surface area contributed by atoms with E-state index in [4.69, 9.17) is 15.2 Å². The van der Waals surface area contributed by atoms with Crippen molar-refractivity contribution in [3.8, 4) is 5.75 Å². The Balaban J connectivity index is 2.02. The van der Waals surface area contributed by atoms with Crippen molar-refractivity contribution in [1.29, 1.82) is 0 Å². The summed E-state index contributed by atoms with van der Waals surface area (Å²) in [5, 5.41) is 0. The fourth-order valence-electron chi connectivity index (χ4n) is 2.16. The Hall–Kier alpha value is -1.35. The lowest BCUT2D eigenvalue weighted by atomic mass is 10.3. The molecule has 0 saturated carbocycles. The van der Waals surface area contributed by atoms with Crippen LogP contribution in [0.5, 0.6) is 5.75 Å². The summed E-state index contributed by atoms with van der Waals surface area (Å²) in [6.45, 7) is 2.41. The molecule has 0 aliphatic carbocycles. The lowest BCUT2D eigenvalue weighted by Crippen LogP contribution is -2.45. The Morgan fingerprint density at radius 2 is 2.29 bits per heavy atom. The number of benzene rings is 1. The average Bonchev–Trinajstić information content (AvgIpc) is 2.45. The number of nitrogen functional groups attached to an aromatic ring is 1. The van der Waals surface area contributed by atoms with Gasteiger partial charge in [0, 0.05) is 19.6 Å². The molecule has 1 saturated heterocycles. The maximum Gasteiger partial charge on any atom is 0.240 e. The molecule has 3 N–H and O–H groups in total. The number of anilines is 1. The van der Waals surface area contributed by atoms with E-state index in [0.29, 0.717) is 18.9 Å². The van der Waals surface area contributed by atoms with E-state index in [1.807, 2.05) is 7.05 Å². The van der Waals surface area contributed by atoms with E-state index in [1.54, 1.807) is 0 Å². The van der Waals surface area contributed by atoms with Crippen molar-refractivity contribution in [2.24, 2.45) is 0 Å². The molecule has 1 atom stereocenters. The van der Waals surface area contributed by atoms with Crippen LogP contribution in [0.15, 0.2) is 23.1 Å². The molecule has 0 radical (unpaired) electrons. The highest BCUT2D eigenvalue weighted by molar-refractivity contribution is 7.89. The second-order valence-corrected chi connectivity index (χ2v) is 6.78. The zero-order chi connectivity index (χ0) is 15.5. The van der Waals surface area contributed by atoms with Crippen molar-refractivity contribution >= 4 is 15.7 Å². The van der Waals surface area contributed by atoms with Gasteiger partial charge in [0.05, 0.1) is 30.4 Å². The number of morpholine rings is 1. The second-order valence-electron chi connectivity index (χ2n) is 5.01. The number of ether oxygens (including phenoxy) is 2. The first-order valence-electron chi connectivity index (χ1n) is 6.65. The van der Waals surface area contributed by atoms with Crippen LogP contribution in [-0.2, 0) is 14.8 Å². The Labute approximate surface area is 125 Å². The highest BCUT2D eigenvalue weighted by Gasteiger charge is 2.21. The fraction of sp³-hybridized carbons (Fsp3) is 0.538. The van der Waals surface area contributed by atoms with Gasteiger partial charge in [0.15, 0.2) is 0 Å². The number of nitrogens with two attached hydrogens (primary N) is 1. The number of hydrogen-bond donors (Lipinski definition) is 2. The van der Waals surface area contributed by atoms with Crippen LogP contribution < -0.4 is 15.2 Å². The first-order chi connectivity index (χ1) is 9.92. The van der Waals surface area contributed by atoms with Crippen LogP contribution in [0.2, 0.25) is 0 Å². The van der Waals surface area contributed by atoms with Gasteiger partial charge in [-0.15, -0.1) is 0 Å². The summed E-state index contributed by atoms with van der Waals surface area (Å²) in [6, 6.07) is 4.38. The van der Waals surface area contributed by atoms with Crippen molar-refractivity contribution in [3.63, 3.8) is 0 Å². The highest BCUT2D eigenvalue weighted by atomic mass is 32.2. The first kappa shape index (κ1) is 16.0. The third-order valence-electron chi connectivity index (χ3n) is 3.35. The fourth-order valence-corrected chi connectivity index (χ4v) is 3.26. The quantitative estimate of drug-likeness (QED) is 0.736. The molecule has 8 heteroatoms. The summed E-state index contributed by atoms with van der Waals surface area (Å²) < 4.78 is 37.6. The lowest BCUT2D eigenvalue weighted by molar-refractivity contribution is -0.0156. The standard InChI is InChI=1S/C13H21N3O4S/c1-16-5-6-20-10(9-16)8-15-21(17,18)11-3-4-13(19-2)12(14)7-11/h3-4,7,10,15H,5-6,8-9,14H2,1-2H3. The van der Waals surface area contributed by atoms with Crippen LogP contribution in [0.4, 0.5) is 5.69 Å². The number of sulfonamides is 1. The summed E-state index contributed by atoms with van der Waals surface area (Å²) in [7, 11) is -0.147. The summed E-state index contributed by atoms with van der Waals surface area (Å²) in [4.78, 5) is 2.22. The van der Waals surface area contributed by atoms with Gasteiger partial charge in [0.25, 0.3) is 0 Å². The van der Waals surface area contributed by atoms with Crippen LogP contribution >= 0.6 is 0 Å². The third-order valence-corrected chi connectivity index (χ3v) is 4.78. The van der Waals surface area contributed by atoms with Crippen LogP contribution in [0.25, 0.3) is 0 Å². The Kier molecular flexibility index (Phi) is 5.04. The van der Waals surface area contributed by atoms with E-state index in [2.05, 4.69) is 9.62 Å². The molecule has 0 spiro atoms. The van der Waals surface area contributed by atoms with E-state index in [0.717, 1.165) is 6.54 Å². The molecule has 1 heterocycles. The SMILES string of the molecule is COc1ccc(S(=O)(=O)NCC2CN(C)CCO2)cc1N. The second kappa shape index (κ2) is 6.61. The van der Waals surface area contributed by atoms with Crippen LogP contribution in [-0.4, -0.2) is 59.8 Å². The summed E-state index contributed by atoms with van der Waals surface area (Å²) >= 11 is 0. The van der Waals surface area contributed by atoms with Crippen LogP contribution in [0.3, 0.4) is 0 Å². The molecule has 0 bridgehead atoms. The van der Waals surface area contributed by atoms with Gasteiger partial charge < -0.3 is 20.1 Å². The van der Waals surface area contributed by atoms with Gasteiger partial charge >= 0.3 is 0 Å². The molecule has 21 heavy (non-hydrogen) atoms.